The summed E-state index contributed by atoms with van der Waals surface area (Å²) in [5.41, 5.74) is 2.83. The normalized spacial score (nSPS) is 29.2. The van der Waals surface area contributed by atoms with Crippen molar-refractivity contribution < 1.29 is 34.4 Å². The van der Waals surface area contributed by atoms with Crippen molar-refractivity contribution in [3.05, 3.63) is 29.2 Å². The van der Waals surface area contributed by atoms with Gasteiger partial charge in [-0.25, -0.2) is 0 Å². The molecular weight excluding hydrogens is 423 g/mol. The third-order valence-corrected chi connectivity index (χ3v) is 10.9. The number of allylic oxidation sites excluding steroid dienone is 2. The molecule has 0 aromatic heterocycles. The molecule has 2 fully saturated rings. The summed E-state index contributed by atoms with van der Waals surface area (Å²) >= 11 is 0. The van der Waals surface area contributed by atoms with Gasteiger partial charge in [-0.15, -0.1) is 0 Å². The molecule has 3 nitrogen and oxygen atoms in total. The topological polar surface area (TPSA) is 35.5 Å². The number of fused-ring (bicyclic) bond motifs is 2. The summed E-state index contributed by atoms with van der Waals surface area (Å²) < 4.78 is 12.5. The van der Waals surface area contributed by atoms with Crippen molar-refractivity contribution >= 4 is 14.1 Å². The van der Waals surface area contributed by atoms with E-state index in [1.54, 1.807) is 13.0 Å². The first kappa shape index (κ1) is 21.1. The van der Waals surface area contributed by atoms with Gasteiger partial charge in [0.2, 0.25) is 0 Å². The molecule has 1 saturated heterocycles. The molecule has 5 heteroatoms. The van der Waals surface area contributed by atoms with Gasteiger partial charge >= 0.3 is 0 Å². The summed E-state index contributed by atoms with van der Waals surface area (Å²) in [4.78, 5) is 11.5. The Bertz CT molecular complexity index is 603. The number of carbonyl (C=O) groups excluding carboxylic acids is 1. The van der Waals surface area contributed by atoms with Crippen LogP contribution in [-0.4, -0.2) is 33.4 Å². The molecule has 0 aromatic rings. The molecule has 0 bridgehead atoms. The maximum absolute atomic E-state index is 11.5. The van der Waals surface area contributed by atoms with Crippen LogP contribution in [0.15, 0.2) is 23.3 Å². The van der Waals surface area contributed by atoms with Crippen molar-refractivity contribution in [3.63, 3.8) is 0 Å². The Morgan fingerprint density at radius 2 is 2.08 bits per heavy atom. The van der Waals surface area contributed by atoms with Gasteiger partial charge in [0.1, 0.15) is 0 Å². The van der Waals surface area contributed by atoms with Crippen LogP contribution in [0.4, 0.5) is 0 Å². The zero-order valence-corrected chi connectivity index (χ0v) is 18.9. The second-order valence-corrected chi connectivity index (χ2v) is 13.9. The van der Waals surface area contributed by atoms with Crippen LogP contribution in [0.25, 0.3) is 0 Å². The minimum absolute atomic E-state index is 0. The van der Waals surface area contributed by atoms with Crippen LogP contribution in [0, 0.1) is 11.3 Å². The van der Waals surface area contributed by atoms with E-state index in [0.717, 1.165) is 32.5 Å². The number of hydrogen-bond acceptors (Lipinski definition) is 3. The van der Waals surface area contributed by atoms with Gasteiger partial charge in [-0.1, -0.05) is 45.1 Å². The largest absolute Gasteiger partial charge is 0.427 e. The number of ketones is 1. The van der Waals surface area contributed by atoms with Gasteiger partial charge in [-0.05, 0) is 37.6 Å². The summed E-state index contributed by atoms with van der Waals surface area (Å²) in [7, 11) is -1.83. The molecule has 3 aliphatic rings. The van der Waals surface area contributed by atoms with Crippen molar-refractivity contribution in [2.75, 3.05) is 13.2 Å². The van der Waals surface area contributed by atoms with Crippen LogP contribution in [0.3, 0.4) is 0 Å². The van der Waals surface area contributed by atoms with E-state index < -0.39 is 8.32 Å². The Hall–Kier alpha value is -0.181. The fourth-order valence-electron chi connectivity index (χ4n) is 4.10. The van der Waals surface area contributed by atoms with E-state index in [9.17, 15) is 4.79 Å². The van der Waals surface area contributed by atoms with E-state index in [1.807, 2.05) is 0 Å². The predicted molar refractivity (Wildman–Crippen MR) is 99.3 cm³/mol. The molecule has 0 aromatic carbocycles. The first-order valence-electron chi connectivity index (χ1n) is 9.10. The molecule has 1 saturated carbocycles. The fraction of sp³-hybridized carbons (Fsp3) is 0.700. The summed E-state index contributed by atoms with van der Waals surface area (Å²) in [6.07, 6.45) is 7.27. The van der Waals surface area contributed by atoms with Crippen LogP contribution in [-0.2, 0) is 34.4 Å². The van der Waals surface area contributed by atoms with E-state index in [-0.39, 0.29) is 42.8 Å². The molecule has 1 heterocycles. The van der Waals surface area contributed by atoms with Crippen molar-refractivity contribution in [1.29, 1.82) is 0 Å². The molecular formula is C20H31O3PdSi-. The SMILES string of the molecule is CC(=O)/C=C/C12CCC(O[Si](C)(C)C(C)(C)C)C1=C1COC[C-]1C2.[Pd]. The molecule has 0 N–H and O–H groups in total. The Kier molecular flexibility index (Phi) is 5.99. The minimum Gasteiger partial charge on any atom is -0.427 e. The van der Waals surface area contributed by atoms with Crippen LogP contribution >= 0.6 is 0 Å². The van der Waals surface area contributed by atoms with Gasteiger partial charge in [-0.2, -0.15) is 17.1 Å². The standard InChI is InChI=1S/C20H31O3Si.Pd/c1-14(21)7-9-20-10-8-17(23-24(5,6)19(2,3)4)18(20)16-13-22-12-15(16)11-20;/h7,9,17H,8,10-13H2,1-6H3;/q-1;/b9-7+;. The van der Waals surface area contributed by atoms with Gasteiger partial charge in [-0.3, -0.25) is 4.79 Å². The van der Waals surface area contributed by atoms with Crippen LogP contribution in [0.1, 0.15) is 47.0 Å². The summed E-state index contributed by atoms with van der Waals surface area (Å²) in [5.74, 6) is 1.56. The molecule has 3 rings (SSSR count). The monoisotopic (exact) mass is 453 g/mol. The Labute approximate surface area is 167 Å². The molecule has 0 radical (unpaired) electrons. The summed E-state index contributed by atoms with van der Waals surface area (Å²) in [6, 6.07) is 0. The maximum atomic E-state index is 11.5. The number of carbonyl (C=O) groups is 1. The van der Waals surface area contributed by atoms with Gasteiger partial charge in [0, 0.05) is 39.7 Å². The third kappa shape index (κ3) is 3.77. The molecule has 144 valence electrons. The van der Waals surface area contributed by atoms with Crippen LogP contribution < -0.4 is 0 Å². The van der Waals surface area contributed by atoms with E-state index >= 15 is 0 Å². The molecule has 2 aliphatic carbocycles. The van der Waals surface area contributed by atoms with E-state index in [1.165, 1.54) is 17.1 Å². The van der Waals surface area contributed by atoms with Gasteiger partial charge < -0.3 is 9.16 Å². The summed E-state index contributed by atoms with van der Waals surface area (Å²) in [6.45, 7) is 14.6. The molecule has 25 heavy (non-hydrogen) atoms. The molecule has 2 atom stereocenters. The smallest absolute Gasteiger partial charge is 0.190 e. The first-order chi connectivity index (χ1) is 11.1. The minimum atomic E-state index is -1.83. The Morgan fingerprint density at radius 3 is 2.68 bits per heavy atom. The van der Waals surface area contributed by atoms with E-state index in [0.29, 0.717) is 0 Å². The van der Waals surface area contributed by atoms with Gasteiger partial charge in [0.25, 0.3) is 0 Å². The quantitative estimate of drug-likeness (QED) is 0.354. The number of hydrogen-bond donors (Lipinski definition) is 0. The Balaban J connectivity index is 0.00000225. The predicted octanol–water partition coefficient (Wildman–Crippen LogP) is 4.60. The van der Waals surface area contributed by atoms with E-state index in [4.69, 9.17) is 9.16 Å². The number of rotatable bonds is 4. The molecule has 1 aliphatic heterocycles. The van der Waals surface area contributed by atoms with Crippen molar-refractivity contribution in [1.82, 2.24) is 0 Å². The zero-order chi connectivity index (χ0) is 17.8. The van der Waals surface area contributed by atoms with E-state index in [2.05, 4.69) is 39.9 Å². The average molecular weight is 454 g/mol. The van der Waals surface area contributed by atoms with Gasteiger partial charge in [0.05, 0.1) is 0 Å². The second-order valence-electron chi connectivity index (χ2n) is 9.17. The average Bonchev–Trinajstić information content (AvgIpc) is 3.06. The number of ether oxygens (including phenoxy) is 1. The van der Waals surface area contributed by atoms with Crippen molar-refractivity contribution in [2.24, 2.45) is 5.41 Å². The second kappa shape index (κ2) is 7.09. The fourth-order valence-corrected chi connectivity index (χ4v) is 5.40. The van der Waals surface area contributed by atoms with Gasteiger partial charge in [0.15, 0.2) is 14.1 Å². The first-order valence-corrected chi connectivity index (χ1v) is 12.0. The zero-order valence-electron chi connectivity index (χ0n) is 16.3. The molecule has 2 unspecified atom stereocenters. The van der Waals surface area contributed by atoms with Crippen molar-refractivity contribution in [3.8, 4) is 0 Å². The van der Waals surface area contributed by atoms with Crippen molar-refractivity contribution in [2.45, 2.75) is 71.2 Å². The third-order valence-electron chi connectivity index (χ3n) is 6.39. The summed E-state index contributed by atoms with van der Waals surface area (Å²) in [5, 5.41) is 0.204. The molecule has 0 spiro atoms. The van der Waals surface area contributed by atoms with Crippen LogP contribution in [0.2, 0.25) is 18.1 Å². The van der Waals surface area contributed by atoms with Crippen LogP contribution in [0.5, 0.6) is 0 Å². The Morgan fingerprint density at radius 1 is 1.40 bits per heavy atom. The molecule has 0 amide bonds. The maximum Gasteiger partial charge on any atom is 0.190 e.